The van der Waals surface area contributed by atoms with Crippen LogP contribution in [-0.2, 0) is 66.5 Å². The van der Waals surface area contributed by atoms with E-state index in [9.17, 15) is 54.9 Å². The molecule has 7 aliphatic rings. The Hall–Kier alpha value is -3.49. The summed E-state index contributed by atoms with van der Waals surface area (Å²) in [6, 6.07) is 0. The maximum Gasteiger partial charge on any atom is 0.308 e. The molecule has 480 valence electrons. The van der Waals surface area contributed by atoms with Crippen LogP contribution in [0.3, 0.4) is 0 Å². The van der Waals surface area contributed by atoms with E-state index < -0.39 is 169 Å². The molecule has 10 bridgehead atoms. The topological polar surface area (TPSA) is 302 Å². The van der Waals surface area contributed by atoms with Gasteiger partial charge in [-0.15, -0.1) is 0 Å². The van der Waals surface area contributed by atoms with Crippen molar-refractivity contribution in [2.75, 3.05) is 7.11 Å². The van der Waals surface area contributed by atoms with E-state index in [-0.39, 0.29) is 81.1 Å². The summed E-state index contributed by atoms with van der Waals surface area (Å²) in [5.41, 5.74) is -0.508. The molecule has 21 nitrogen and oxygen atoms in total. The maximum atomic E-state index is 14.5. The van der Waals surface area contributed by atoms with Crippen LogP contribution in [0, 0.1) is 23.7 Å². The molecule has 7 rings (SSSR count). The first kappa shape index (κ1) is 69.0. The molecule has 0 amide bonds. The molecule has 0 radical (unpaired) electrons. The van der Waals surface area contributed by atoms with Gasteiger partial charge in [0, 0.05) is 108 Å². The Morgan fingerprint density at radius 3 is 2.15 bits per heavy atom. The number of fused-ring (bicyclic) bond motifs is 8. The van der Waals surface area contributed by atoms with Gasteiger partial charge in [-0.1, -0.05) is 88.4 Å². The molecule has 0 aromatic rings. The first-order valence-corrected chi connectivity index (χ1v) is 30.7. The Bertz CT molecular complexity index is 2430. The van der Waals surface area contributed by atoms with Gasteiger partial charge in [0.05, 0.1) is 85.1 Å². The van der Waals surface area contributed by atoms with Crippen molar-refractivity contribution >= 4 is 35.3 Å². The Morgan fingerprint density at radius 2 is 1.47 bits per heavy atom. The van der Waals surface area contributed by atoms with Crippen molar-refractivity contribution < 1.29 is 102 Å². The average molecular weight is 1220 g/mol. The lowest BCUT2D eigenvalue weighted by Crippen LogP contribution is -2.65. The predicted octanol–water partition coefficient (Wildman–Crippen LogP) is 5.91. The fourth-order valence-electron chi connectivity index (χ4n) is 14.1. The highest BCUT2D eigenvalue weighted by Gasteiger charge is 2.58. The third-order valence-corrected chi connectivity index (χ3v) is 18.4. The van der Waals surface area contributed by atoms with Gasteiger partial charge in [0.1, 0.15) is 36.3 Å². The van der Waals surface area contributed by atoms with Gasteiger partial charge in [-0.05, 0) is 51.5 Å². The zero-order valence-corrected chi connectivity index (χ0v) is 51.5. The van der Waals surface area contributed by atoms with Crippen LogP contribution in [0.5, 0.6) is 0 Å². The Balaban J connectivity index is 1.22. The zero-order chi connectivity index (χ0) is 62.5. The Kier molecular flexibility index (Phi) is 23.5. The van der Waals surface area contributed by atoms with Gasteiger partial charge in [0.15, 0.2) is 17.4 Å². The number of carbonyl (C=O) groups is 4. The van der Waals surface area contributed by atoms with Gasteiger partial charge in [0.2, 0.25) is 0 Å². The van der Waals surface area contributed by atoms with Gasteiger partial charge in [-0.3, -0.25) is 19.2 Å². The molecular formula is C63H95ClO21. The number of aliphatic hydroxyl groups excluding tert-OH is 5. The van der Waals surface area contributed by atoms with Crippen molar-refractivity contribution in [3.05, 3.63) is 60.2 Å². The van der Waals surface area contributed by atoms with E-state index in [2.05, 4.69) is 19.7 Å². The largest absolute Gasteiger partial charge is 0.462 e. The van der Waals surface area contributed by atoms with E-state index in [0.717, 1.165) is 0 Å². The standard InChI is InChI=1S/C63H95ClO21/c1-33(19-42(67)18-17-35(3)64)20-53-55(72)57-39(7)58(79-53)59(73)63(75)31-51(70)37(5)52(85-63)16-14-12-13-15-44-22-43(68)27-61(81-44)29-47(76-11)23-45(82-61)25-50(69)38(6)56(78-41(9)66)36(4)34(2)21-49-28-60(10,74)32-62(84-49)30-48(77-40(8)65)24-46(83-62)26-54(71)80-57/h13,15,17-18,36-39,42-49,51-53,55-59,67-68,70,72-75H,1-3,12,14,16,19-32H2,4-11H3/t36-,37-,38+,39-,42-,43+,44+,45+,46-,47-,48+,49+,51+,52+,53-,55-,56+,57-,58-,59+,60+,61-,62-,63-/m1/s1. The molecule has 6 fully saturated rings. The monoisotopic (exact) mass is 1220 g/mol. The normalized spacial score (nSPS) is 44.1. The molecule has 0 aromatic carbocycles. The minimum absolute atomic E-state index is 0.00321. The van der Waals surface area contributed by atoms with Crippen LogP contribution in [-0.4, -0.2) is 187 Å². The molecule has 7 heterocycles. The minimum Gasteiger partial charge on any atom is -0.462 e. The summed E-state index contributed by atoms with van der Waals surface area (Å²) < 4.78 is 63.4. The third-order valence-electron chi connectivity index (χ3n) is 18.3. The molecule has 0 aromatic heterocycles. The average Bonchev–Trinajstić information content (AvgIpc) is 1.35. The van der Waals surface area contributed by atoms with Crippen molar-refractivity contribution in [1.82, 2.24) is 0 Å². The van der Waals surface area contributed by atoms with E-state index in [1.54, 1.807) is 41.7 Å². The van der Waals surface area contributed by atoms with Crippen LogP contribution in [0.1, 0.15) is 158 Å². The minimum atomic E-state index is -2.40. The van der Waals surface area contributed by atoms with Gasteiger partial charge in [0.25, 0.3) is 0 Å². The molecule has 85 heavy (non-hydrogen) atoms. The summed E-state index contributed by atoms with van der Waals surface area (Å²) in [5.74, 6) is -10.7. The van der Waals surface area contributed by atoms with Gasteiger partial charge < -0.3 is 83.1 Å². The van der Waals surface area contributed by atoms with Gasteiger partial charge in [-0.2, -0.15) is 0 Å². The van der Waals surface area contributed by atoms with Crippen molar-refractivity contribution in [2.45, 2.75) is 278 Å². The Labute approximate surface area is 505 Å². The molecule has 0 saturated carbocycles. The van der Waals surface area contributed by atoms with Crippen LogP contribution in [0.2, 0.25) is 0 Å². The number of rotatable bonds is 9. The second kappa shape index (κ2) is 29.0. The summed E-state index contributed by atoms with van der Waals surface area (Å²) in [7, 11) is 1.57. The molecule has 6 saturated heterocycles. The highest BCUT2D eigenvalue weighted by atomic mass is 35.5. The second-order valence-electron chi connectivity index (χ2n) is 25.9. The Morgan fingerprint density at radius 1 is 0.812 bits per heavy atom. The highest BCUT2D eigenvalue weighted by Crippen LogP contribution is 2.48. The van der Waals surface area contributed by atoms with E-state index in [0.29, 0.717) is 43.3 Å². The first-order valence-electron chi connectivity index (χ1n) is 30.3. The smallest absolute Gasteiger partial charge is 0.308 e. The summed E-state index contributed by atoms with van der Waals surface area (Å²) in [4.78, 5) is 54.3. The SMILES string of the molecule is C=C(Cl)C=C[C@@H](O)CC(=C)C[C@H]1O[C@@H]2[C@H](C)[C@@H](OC(=O)C[C@H]3C[C@H](OC(C)=O)C[C@@]4(C[C@@](C)(O)C[C@H](CC(=C)[C@@H](C)[C@H](OC(C)=O)[C@@H](C)C(=O)C[C@@H]5C[C@@H](OC)C[C@@]6(C[C@@H](O)C[C@H](C=CCCC[C@@H]7O[C@](O)(C[C@H](O)[C@H]7C)[C@H]2O)O6)O5)O4)O3)[C@@H]1O. The summed E-state index contributed by atoms with van der Waals surface area (Å²) in [6.07, 6.45) is -8.69. The maximum absolute atomic E-state index is 14.5. The van der Waals surface area contributed by atoms with Crippen LogP contribution < -0.4 is 0 Å². The first-order chi connectivity index (χ1) is 39.8. The van der Waals surface area contributed by atoms with Crippen molar-refractivity contribution in [1.29, 1.82) is 0 Å². The van der Waals surface area contributed by atoms with Gasteiger partial charge >= 0.3 is 17.9 Å². The number of hydrogen-bond donors (Lipinski definition) is 7. The zero-order valence-electron chi connectivity index (χ0n) is 50.7. The number of Topliss-reactive ketones (excluding diaryl/α,β-unsaturated/α-hetero) is 1. The predicted molar refractivity (Wildman–Crippen MR) is 308 cm³/mol. The van der Waals surface area contributed by atoms with E-state index in [1.807, 2.05) is 12.2 Å². The van der Waals surface area contributed by atoms with E-state index in [1.165, 1.54) is 26.0 Å². The van der Waals surface area contributed by atoms with E-state index in [4.69, 9.17) is 59.0 Å². The number of esters is 3. The number of methoxy groups -OCH3 is 1. The molecular weight excluding hydrogens is 1130 g/mol. The number of halogens is 1. The molecule has 0 unspecified atom stereocenters. The van der Waals surface area contributed by atoms with E-state index >= 15 is 0 Å². The number of aliphatic hydroxyl groups is 7. The lowest BCUT2D eigenvalue weighted by atomic mass is 9.78. The molecule has 24 atom stereocenters. The molecule has 0 aliphatic carbocycles. The lowest BCUT2D eigenvalue weighted by Gasteiger charge is -2.52. The molecule has 22 heteroatoms. The fourth-order valence-corrected chi connectivity index (χ4v) is 14.2. The van der Waals surface area contributed by atoms with Crippen LogP contribution in [0.25, 0.3) is 0 Å². The number of ketones is 1. The quantitative estimate of drug-likeness (QED) is 0.0611. The number of allylic oxidation sites excluding steroid dienone is 3. The summed E-state index contributed by atoms with van der Waals surface area (Å²) >= 11 is 5.89. The number of hydrogen-bond acceptors (Lipinski definition) is 21. The third kappa shape index (κ3) is 18.1. The molecule has 7 N–H and O–H groups in total. The van der Waals surface area contributed by atoms with Crippen molar-refractivity contribution in [3.63, 3.8) is 0 Å². The summed E-state index contributed by atoms with van der Waals surface area (Å²) in [6.45, 7) is 23.1. The van der Waals surface area contributed by atoms with Crippen LogP contribution >= 0.6 is 11.6 Å². The van der Waals surface area contributed by atoms with Crippen molar-refractivity contribution in [3.8, 4) is 0 Å². The lowest BCUT2D eigenvalue weighted by molar-refractivity contribution is -0.351. The van der Waals surface area contributed by atoms with Crippen molar-refractivity contribution in [2.24, 2.45) is 23.7 Å². The number of carbonyl (C=O) groups excluding carboxylic acids is 4. The molecule has 7 aliphatic heterocycles. The van der Waals surface area contributed by atoms with Gasteiger partial charge in [-0.25, -0.2) is 0 Å². The fraction of sp³-hybridized carbons (Fsp3) is 0.778. The second-order valence-corrected chi connectivity index (χ2v) is 26.4. The van der Waals surface area contributed by atoms with Crippen LogP contribution in [0.4, 0.5) is 0 Å². The molecule has 2 spiro atoms. The summed E-state index contributed by atoms with van der Waals surface area (Å²) in [5, 5.41) is 82.6. The number of ether oxygens (including phenoxy) is 10. The van der Waals surface area contributed by atoms with Crippen LogP contribution in [0.15, 0.2) is 60.2 Å². The highest BCUT2D eigenvalue weighted by molar-refractivity contribution is 6.30.